The largest absolute Gasteiger partial charge is 0.268 e. The van der Waals surface area contributed by atoms with Gasteiger partial charge in [-0.1, -0.05) is 60.7 Å². The van der Waals surface area contributed by atoms with Crippen LogP contribution in [-0.2, 0) is 10.0 Å². The number of benzene rings is 4. The summed E-state index contributed by atoms with van der Waals surface area (Å²) in [5.41, 5.74) is 1.42. The molecule has 2 heterocycles. The summed E-state index contributed by atoms with van der Waals surface area (Å²) in [5.74, 6) is 0. The van der Waals surface area contributed by atoms with Gasteiger partial charge in [-0.05, 0) is 30.3 Å². The highest BCUT2D eigenvalue weighted by atomic mass is 32.2. The number of aromatic nitrogens is 1. The van der Waals surface area contributed by atoms with Gasteiger partial charge in [0.25, 0.3) is 10.0 Å². The topological polar surface area (TPSA) is 39.1 Å². The van der Waals surface area contributed by atoms with E-state index < -0.39 is 10.0 Å². The number of hydrogen-bond donors (Lipinski definition) is 0. The Morgan fingerprint density at radius 1 is 0.621 bits per heavy atom. The second kappa shape index (κ2) is 5.92. The van der Waals surface area contributed by atoms with Gasteiger partial charge < -0.3 is 0 Å². The molecular formula is C24H15NO2S2. The van der Waals surface area contributed by atoms with Gasteiger partial charge in [0.15, 0.2) is 0 Å². The summed E-state index contributed by atoms with van der Waals surface area (Å²) in [6, 6.07) is 28.7. The van der Waals surface area contributed by atoms with Gasteiger partial charge in [-0.3, -0.25) is 0 Å². The summed E-state index contributed by atoms with van der Waals surface area (Å²) in [5, 5.41) is 4.33. The average Bonchev–Trinajstić information content (AvgIpc) is 3.30. The third-order valence-corrected chi connectivity index (χ3v) is 8.36. The Morgan fingerprint density at radius 3 is 2.14 bits per heavy atom. The summed E-state index contributed by atoms with van der Waals surface area (Å²) in [6.07, 6.45) is 0. The van der Waals surface area contributed by atoms with Gasteiger partial charge in [-0.25, -0.2) is 12.4 Å². The van der Waals surface area contributed by atoms with Crippen LogP contribution in [0.15, 0.2) is 95.9 Å². The average molecular weight is 414 g/mol. The molecule has 0 aliphatic carbocycles. The predicted octanol–water partition coefficient (Wildman–Crippen LogP) is 6.40. The fraction of sp³-hybridized carbons (Fsp3) is 0. The molecule has 0 saturated carbocycles. The van der Waals surface area contributed by atoms with Gasteiger partial charge in [0.1, 0.15) is 0 Å². The summed E-state index contributed by atoms with van der Waals surface area (Å²) < 4.78 is 31.0. The Morgan fingerprint density at radius 2 is 1.31 bits per heavy atom. The van der Waals surface area contributed by atoms with Crippen LogP contribution >= 0.6 is 11.3 Å². The zero-order valence-electron chi connectivity index (χ0n) is 15.2. The van der Waals surface area contributed by atoms with Gasteiger partial charge in [-0.15, -0.1) is 11.3 Å². The quantitative estimate of drug-likeness (QED) is 0.329. The van der Waals surface area contributed by atoms with E-state index in [1.54, 1.807) is 35.6 Å². The molecule has 0 aliphatic heterocycles. The smallest absolute Gasteiger partial charge is 0.233 e. The highest BCUT2D eigenvalue weighted by molar-refractivity contribution is 7.90. The van der Waals surface area contributed by atoms with E-state index in [9.17, 15) is 8.42 Å². The van der Waals surface area contributed by atoms with Crippen LogP contribution < -0.4 is 0 Å². The second-order valence-corrected chi connectivity index (χ2v) is 9.87. The fourth-order valence-electron chi connectivity index (χ4n) is 4.16. The number of thiophene rings is 1. The van der Waals surface area contributed by atoms with Crippen molar-refractivity contribution in [2.45, 2.75) is 4.90 Å². The summed E-state index contributed by atoms with van der Waals surface area (Å²) in [7, 11) is -3.73. The third kappa shape index (κ3) is 2.26. The fourth-order valence-corrected chi connectivity index (χ4v) is 6.96. The van der Waals surface area contributed by atoms with E-state index in [2.05, 4.69) is 12.1 Å². The van der Waals surface area contributed by atoms with Crippen molar-refractivity contribution in [3.05, 3.63) is 91.0 Å². The van der Waals surface area contributed by atoms with Crippen molar-refractivity contribution >= 4 is 63.3 Å². The maximum absolute atomic E-state index is 13.6. The molecule has 0 unspecified atom stereocenters. The Bertz CT molecular complexity index is 1660. The number of hydrogen-bond acceptors (Lipinski definition) is 3. The molecule has 0 atom stereocenters. The molecule has 6 rings (SSSR count). The molecule has 0 N–H and O–H groups in total. The van der Waals surface area contributed by atoms with Crippen molar-refractivity contribution in [2.24, 2.45) is 0 Å². The van der Waals surface area contributed by atoms with Gasteiger partial charge in [0, 0.05) is 30.9 Å². The number of fused-ring (bicyclic) bond motifs is 7. The first-order valence-electron chi connectivity index (χ1n) is 9.30. The lowest BCUT2D eigenvalue weighted by molar-refractivity contribution is 0.590. The Balaban J connectivity index is 1.84. The van der Waals surface area contributed by atoms with Crippen LogP contribution in [0.3, 0.4) is 0 Å². The molecule has 0 fully saturated rings. The number of nitrogens with zero attached hydrogens (tertiary/aromatic N) is 1. The molecule has 3 nitrogen and oxygen atoms in total. The normalized spacial score (nSPS) is 12.4. The minimum atomic E-state index is -3.73. The van der Waals surface area contributed by atoms with E-state index in [0.717, 1.165) is 20.9 Å². The molecule has 0 radical (unpaired) electrons. The maximum atomic E-state index is 13.6. The van der Waals surface area contributed by atoms with E-state index in [-0.39, 0.29) is 0 Å². The van der Waals surface area contributed by atoms with Crippen LogP contribution in [0, 0.1) is 0 Å². The zero-order chi connectivity index (χ0) is 19.6. The lowest BCUT2D eigenvalue weighted by Crippen LogP contribution is -2.12. The van der Waals surface area contributed by atoms with Gasteiger partial charge in [-0.2, -0.15) is 0 Å². The molecule has 0 aliphatic rings. The molecule has 4 aromatic carbocycles. The number of para-hydroxylation sites is 1. The molecule has 5 heteroatoms. The first kappa shape index (κ1) is 16.8. The first-order chi connectivity index (χ1) is 14.2. The molecule has 29 heavy (non-hydrogen) atoms. The second-order valence-electron chi connectivity index (χ2n) is 7.03. The molecule has 0 spiro atoms. The van der Waals surface area contributed by atoms with Crippen LogP contribution in [0.25, 0.3) is 42.0 Å². The summed E-state index contributed by atoms with van der Waals surface area (Å²) in [6.45, 7) is 0. The van der Waals surface area contributed by atoms with Gasteiger partial charge in [0.2, 0.25) is 0 Å². The molecule has 0 amide bonds. The SMILES string of the molecule is O=S(=O)(c1ccccc1)n1c2ccccc2c2c3sc4ccccc4c3ccc21. The molecule has 6 aromatic rings. The highest BCUT2D eigenvalue weighted by Gasteiger charge is 2.24. The van der Waals surface area contributed by atoms with Crippen molar-refractivity contribution < 1.29 is 8.42 Å². The lowest BCUT2D eigenvalue weighted by atomic mass is 10.1. The Labute approximate surface area is 171 Å². The summed E-state index contributed by atoms with van der Waals surface area (Å²) in [4.78, 5) is 0.291. The van der Waals surface area contributed by atoms with E-state index >= 15 is 0 Å². The van der Waals surface area contributed by atoms with E-state index in [1.807, 2.05) is 54.6 Å². The monoisotopic (exact) mass is 413 g/mol. The van der Waals surface area contributed by atoms with Crippen molar-refractivity contribution in [1.82, 2.24) is 3.97 Å². The molecule has 140 valence electrons. The predicted molar refractivity (Wildman–Crippen MR) is 121 cm³/mol. The Kier molecular flexibility index (Phi) is 3.43. The van der Waals surface area contributed by atoms with Crippen LogP contribution in [0.2, 0.25) is 0 Å². The van der Waals surface area contributed by atoms with E-state index in [0.29, 0.717) is 15.9 Å². The maximum Gasteiger partial charge on any atom is 0.268 e. The van der Waals surface area contributed by atoms with Crippen LogP contribution in [0.4, 0.5) is 0 Å². The van der Waals surface area contributed by atoms with Crippen molar-refractivity contribution in [2.75, 3.05) is 0 Å². The standard InChI is InChI=1S/C24H15NO2S2/c26-29(27,16-8-2-1-3-9-16)25-20-12-6-4-11-19(20)23-21(25)15-14-18-17-10-5-7-13-22(17)28-24(18)23/h1-15H. The van der Waals surface area contributed by atoms with E-state index in [4.69, 9.17) is 0 Å². The van der Waals surface area contributed by atoms with Gasteiger partial charge in [0.05, 0.1) is 15.9 Å². The van der Waals surface area contributed by atoms with Crippen LogP contribution in [0.5, 0.6) is 0 Å². The molecule has 2 aromatic heterocycles. The van der Waals surface area contributed by atoms with Crippen molar-refractivity contribution in [3.8, 4) is 0 Å². The third-order valence-electron chi connectivity index (χ3n) is 5.42. The summed E-state index contributed by atoms with van der Waals surface area (Å²) >= 11 is 1.72. The number of rotatable bonds is 2. The first-order valence-corrected chi connectivity index (χ1v) is 11.6. The van der Waals surface area contributed by atoms with Crippen molar-refractivity contribution in [3.63, 3.8) is 0 Å². The zero-order valence-corrected chi connectivity index (χ0v) is 16.9. The highest BCUT2D eigenvalue weighted by Crippen LogP contribution is 2.43. The molecular weight excluding hydrogens is 398 g/mol. The van der Waals surface area contributed by atoms with Gasteiger partial charge >= 0.3 is 0 Å². The lowest BCUT2D eigenvalue weighted by Gasteiger charge is -2.09. The minimum absolute atomic E-state index is 0.291. The van der Waals surface area contributed by atoms with Crippen LogP contribution in [0.1, 0.15) is 0 Å². The molecule has 0 saturated heterocycles. The minimum Gasteiger partial charge on any atom is -0.233 e. The van der Waals surface area contributed by atoms with E-state index in [1.165, 1.54) is 14.1 Å². The van der Waals surface area contributed by atoms with Crippen molar-refractivity contribution in [1.29, 1.82) is 0 Å². The van der Waals surface area contributed by atoms with Crippen LogP contribution in [-0.4, -0.2) is 12.4 Å². The molecule has 0 bridgehead atoms. The Hall–Kier alpha value is -3.15.